The monoisotopic (exact) mass is 454 g/mol. The number of carbonyl (C=O) groups excluding carboxylic acids is 2. The molecule has 0 saturated heterocycles. The fourth-order valence-electron chi connectivity index (χ4n) is 3.05. The minimum absolute atomic E-state index is 0.143. The van der Waals surface area contributed by atoms with E-state index in [-0.39, 0.29) is 17.2 Å². The van der Waals surface area contributed by atoms with E-state index in [1.165, 1.54) is 55.6 Å². The van der Waals surface area contributed by atoms with Gasteiger partial charge in [0, 0.05) is 11.1 Å². The number of rotatable bonds is 8. The van der Waals surface area contributed by atoms with Gasteiger partial charge in [-0.25, -0.2) is 8.78 Å². The predicted molar refractivity (Wildman–Crippen MR) is 119 cm³/mol. The molecule has 0 aliphatic heterocycles. The lowest BCUT2D eigenvalue weighted by atomic mass is 10.1. The van der Waals surface area contributed by atoms with Crippen molar-refractivity contribution in [1.82, 2.24) is 10.6 Å². The summed E-state index contributed by atoms with van der Waals surface area (Å²) in [5.41, 5.74) is 0.937. The molecule has 3 rings (SSSR count). The largest absolute Gasteiger partial charge is 0.493 e. The van der Waals surface area contributed by atoms with Crippen LogP contribution in [0.15, 0.2) is 66.7 Å². The van der Waals surface area contributed by atoms with E-state index in [0.717, 1.165) is 0 Å². The minimum atomic E-state index is -0.972. The summed E-state index contributed by atoms with van der Waals surface area (Å²) < 4.78 is 37.6. The molecule has 3 aromatic rings. The van der Waals surface area contributed by atoms with Gasteiger partial charge < -0.3 is 20.1 Å². The standard InChI is InChI=1S/C25H24F2N2O4/c1-15(2)33-22-14-18(8-13-21(22)32-3)23(28-24(30)16-4-9-19(26)10-5-16)29-25(31)17-6-11-20(27)12-7-17/h4-15,23H,1-3H3,(H,28,30)(H,29,31). The van der Waals surface area contributed by atoms with Gasteiger partial charge in [-0.05, 0) is 80.1 Å². The number of carbonyl (C=O) groups is 2. The van der Waals surface area contributed by atoms with Crippen LogP contribution in [-0.4, -0.2) is 25.0 Å². The topological polar surface area (TPSA) is 76.7 Å². The highest BCUT2D eigenvalue weighted by Crippen LogP contribution is 2.31. The third-order valence-electron chi connectivity index (χ3n) is 4.65. The smallest absolute Gasteiger partial charge is 0.253 e. The van der Waals surface area contributed by atoms with Gasteiger partial charge in [0.1, 0.15) is 17.8 Å². The van der Waals surface area contributed by atoms with Crippen molar-refractivity contribution in [2.75, 3.05) is 7.11 Å². The molecule has 2 amide bonds. The summed E-state index contributed by atoms with van der Waals surface area (Å²) >= 11 is 0. The summed E-state index contributed by atoms with van der Waals surface area (Å²) in [5.74, 6) is -1.08. The Labute approximate surface area is 190 Å². The number of methoxy groups -OCH3 is 1. The van der Waals surface area contributed by atoms with E-state index >= 15 is 0 Å². The number of benzene rings is 3. The zero-order chi connectivity index (χ0) is 24.0. The number of hydrogen-bond donors (Lipinski definition) is 2. The van der Waals surface area contributed by atoms with Gasteiger partial charge in [0.05, 0.1) is 13.2 Å². The van der Waals surface area contributed by atoms with Crippen molar-refractivity contribution < 1.29 is 27.8 Å². The van der Waals surface area contributed by atoms with Crippen molar-refractivity contribution >= 4 is 11.8 Å². The number of amides is 2. The zero-order valence-electron chi connectivity index (χ0n) is 18.4. The summed E-state index contributed by atoms with van der Waals surface area (Å²) in [5, 5.41) is 5.47. The molecule has 0 fully saturated rings. The molecule has 3 aromatic carbocycles. The minimum Gasteiger partial charge on any atom is -0.493 e. The van der Waals surface area contributed by atoms with Crippen LogP contribution in [0.5, 0.6) is 11.5 Å². The molecule has 0 bridgehead atoms. The molecule has 0 radical (unpaired) electrons. The van der Waals surface area contributed by atoms with Gasteiger partial charge >= 0.3 is 0 Å². The Hall–Kier alpha value is -3.94. The first-order valence-electron chi connectivity index (χ1n) is 10.2. The highest BCUT2D eigenvalue weighted by molar-refractivity contribution is 5.96. The van der Waals surface area contributed by atoms with Crippen LogP contribution in [0.25, 0.3) is 0 Å². The molecule has 2 N–H and O–H groups in total. The quantitative estimate of drug-likeness (QED) is 0.487. The summed E-state index contributed by atoms with van der Waals surface area (Å²) in [7, 11) is 1.51. The van der Waals surface area contributed by atoms with E-state index in [2.05, 4.69) is 10.6 Å². The SMILES string of the molecule is COc1ccc(C(NC(=O)c2ccc(F)cc2)NC(=O)c2ccc(F)cc2)cc1OC(C)C. The Morgan fingerprint density at radius 1 is 0.758 bits per heavy atom. The van der Waals surface area contributed by atoms with E-state index in [1.54, 1.807) is 18.2 Å². The van der Waals surface area contributed by atoms with E-state index in [0.29, 0.717) is 17.1 Å². The normalized spacial score (nSPS) is 10.8. The van der Waals surface area contributed by atoms with Crippen LogP contribution in [-0.2, 0) is 0 Å². The predicted octanol–water partition coefficient (Wildman–Crippen LogP) is 4.62. The molecule has 0 aromatic heterocycles. The van der Waals surface area contributed by atoms with Crippen molar-refractivity contribution in [3.63, 3.8) is 0 Å². The van der Waals surface area contributed by atoms with E-state index in [9.17, 15) is 18.4 Å². The fraction of sp³-hybridized carbons (Fsp3) is 0.200. The lowest BCUT2D eigenvalue weighted by Crippen LogP contribution is -2.41. The fourth-order valence-corrected chi connectivity index (χ4v) is 3.05. The molecular weight excluding hydrogens is 430 g/mol. The molecule has 6 nitrogen and oxygen atoms in total. The Morgan fingerprint density at radius 2 is 1.24 bits per heavy atom. The van der Waals surface area contributed by atoms with E-state index in [4.69, 9.17) is 9.47 Å². The van der Waals surface area contributed by atoms with E-state index in [1.807, 2.05) is 13.8 Å². The van der Waals surface area contributed by atoms with Crippen LogP contribution in [0.1, 0.15) is 46.3 Å². The summed E-state index contributed by atoms with van der Waals surface area (Å²) in [6.07, 6.45) is -1.12. The van der Waals surface area contributed by atoms with Gasteiger partial charge in [-0.15, -0.1) is 0 Å². The molecule has 8 heteroatoms. The maximum atomic E-state index is 13.2. The Morgan fingerprint density at radius 3 is 1.67 bits per heavy atom. The van der Waals surface area contributed by atoms with E-state index < -0.39 is 29.6 Å². The zero-order valence-corrected chi connectivity index (χ0v) is 18.4. The number of hydrogen-bond acceptors (Lipinski definition) is 4. The van der Waals surface area contributed by atoms with Gasteiger partial charge in [-0.1, -0.05) is 6.07 Å². The van der Waals surface area contributed by atoms with Crippen LogP contribution in [0.4, 0.5) is 8.78 Å². The maximum absolute atomic E-state index is 13.2. The van der Waals surface area contributed by atoms with Crippen molar-refractivity contribution in [3.8, 4) is 11.5 Å². The molecule has 0 heterocycles. The molecule has 33 heavy (non-hydrogen) atoms. The maximum Gasteiger partial charge on any atom is 0.253 e. The van der Waals surface area contributed by atoms with Crippen LogP contribution in [0.3, 0.4) is 0 Å². The summed E-state index contributed by atoms with van der Waals surface area (Å²) in [6.45, 7) is 3.71. The first kappa shape index (κ1) is 23.7. The lowest BCUT2D eigenvalue weighted by Gasteiger charge is -2.23. The number of ether oxygens (including phenoxy) is 2. The average Bonchev–Trinajstić information content (AvgIpc) is 2.79. The summed E-state index contributed by atoms with van der Waals surface area (Å²) in [4.78, 5) is 25.6. The van der Waals surface area contributed by atoms with Crippen molar-refractivity contribution in [1.29, 1.82) is 0 Å². The molecule has 0 aliphatic rings. The Kier molecular flexibility index (Phi) is 7.61. The second-order valence-corrected chi connectivity index (χ2v) is 7.47. The third kappa shape index (κ3) is 6.29. The van der Waals surface area contributed by atoms with Gasteiger partial charge in [-0.2, -0.15) is 0 Å². The molecule has 0 saturated carbocycles. The van der Waals surface area contributed by atoms with Gasteiger partial charge in [0.15, 0.2) is 11.5 Å². The molecule has 0 spiro atoms. The van der Waals surface area contributed by atoms with Crippen LogP contribution in [0, 0.1) is 11.6 Å². The molecule has 0 atom stereocenters. The lowest BCUT2D eigenvalue weighted by molar-refractivity contribution is 0.0883. The highest BCUT2D eigenvalue weighted by atomic mass is 19.1. The Balaban J connectivity index is 1.93. The van der Waals surface area contributed by atoms with Crippen molar-refractivity contribution in [2.24, 2.45) is 0 Å². The van der Waals surface area contributed by atoms with Crippen molar-refractivity contribution in [2.45, 2.75) is 26.1 Å². The van der Waals surface area contributed by atoms with Crippen LogP contribution >= 0.6 is 0 Å². The van der Waals surface area contributed by atoms with Crippen LogP contribution < -0.4 is 20.1 Å². The van der Waals surface area contributed by atoms with Gasteiger partial charge in [0.25, 0.3) is 11.8 Å². The third-order valence-corrected chi connectivity index (χ3v) is 4.65. The first-order chi connectivity index (χ1) is 15.8. The van der Waals surface area contributed by atoms with Gasteiger partial charge in [-0.3, -0.25) is 9.59 Å². The van der Waals surface area contributed by atoms with Gasteiger partial charge in [0.2, 0.25) is 0 Å². The molecule has 172 valence electrons. The summed E-state index contributed by atoms with van der Waals surface area (Å²) in [6, 6.07) is 15.0. The second kappa shape index (κ2) is 10.6. The average molecular weight is 454 g/mol. The molecule has 0 aliphatic carbocycles. The van der Waals surface area contributed by atoms with Crippen molar-refractivity contribution in [3.05, 3.63) is 95.1 Å². The second-order valence-electron chi connectivity index (χ2n) is 7.47. The van der Waals surface area contributed by atoms with Crippen LogP contribution in [0.2, 0.25) is 0 Å². The highest BCUT2D eigenvalue weighted by Gasteiger charge is 2.21. The Bertz CT molecular complexity index is 1060. The molecule has 0 unspecified atom stereocenters. The number of nitrogens with one attached hydrogen (secondary N) is 2. The number of halogens is 2. The molecular formula is C25H24F2N2O4. The first-order valence-corrected chi connectivity index (χ1v) is 10.2.